The lowest BCUT2D eigenvalue weighted by atomic mass is 9.95. The lowest BCUT2D eigenvalue weighted by molar-refractivity contribution is -0.117. The second-order valence-corrected chi connectivity index (χ2v) is 10.3. The third kappa shape index (κ3) is 3.57. The van der Waals surface area contributed by atoms with Gasteiger partial charge in [0.1, 0.15) is 5.58 Å². The van der Waals surface area contributed by atoms with Crippen LogP contribution in [0.15, 0.2) is 93.0 Å². The third-order valence-electron chi connectivity index (χ3n) is 6.03. The Labute approximate surface area is 212 Å². The predicted molar refractivity (Wildman–Crippen MR) is 139 cm³/mol. The summed E-state index contributed by atoms with van der Waals surface area (Å²) in [6, 6.07) is 21.2. The van der Waals surface area contributed by atoms with Crippen molar-refractivity contribution in [3.05, 3.63) is 105 Å². The van der Waals surface area contributed by atoms with E-state index in [1.807, 2.05) is 67.6 Å². The number of carbonyl (C=O) groups excluding carboxylic acids is 2. The molecule has 0 saturated carbocycles. The topological polar surface area (TPSA) is 83.6 Å². The van der Waals surface area contributed by atoms with Crippen LogP contribution in [0.4, 0.5) is 5.13 Å². The second-order valence-electron chi connectivity index (χ2n) is 8.34. The number of anilines is 1. The molecule has 3 aromatic carbocycles. The van der Waals surface area contributed by atoms with Crippen LogP contribution in [-0.4, -0.2) is 21.8 Å². The molecule has 0 saturated heterocycles. The number of furan rings is 1. The van der Waals surface area contributed by atoms with Crippen molar-refractivity contribution in [3.8, 4) is 0 Å². The Kier molecular flexibility index (Phi) is 5.09. The molecule has 1 amide bonds. The number of hydrogen-bond donors (Lipinski definition) is 1. The number of aliphatic hydroxyl groups excluding tert-OH is 1. The Balaban J connectivity index is 1.51. The predicted octanol–water partition coefficient (Wildman–Crippen LogP) is 6.90. The number of rotatable bonds is 4. The smallest absolute Gasteiger partial charge is 0.296 e. The van der Waals surface area contributed by atoms with Crippen LogP contribution in [-0.2, 0) is 4.79 Å². The van der Waals surface area contributed by atoms with Crippen LogP contribution in [0.1, 0.15) is 27.7 Å². The van der Waals surface area contributed by atoms with Crippen molar-refractivity contribution in [1.29, 1.82) is 0 Å². The number of thiazole rings is 1. The summed E-state index contributed by atoms with van der Waals surface area (Å²) in [5.41, 5.74) is 3.01. The molecule has 0 fully saturated rings. The minimum Gasteiger partial charge on any atom is -0.503 e. The van der Waals surface area contributed by atoms with Gasteiger partial charge in [-0.15, -0.1) is 0 Å². The molecule has 8 heteroatoms. The average molecular weight is 545 g/mol. The van der Waals surface area contributed by atoms with E-state index >= 15 is 0 Å². The molecule has 172 valence electrons. The summed E-state index contributed by atoms with van der Waals surface area (Å²) < 4.78 is 7.55. The molecule has 6 nitrogen and oxygen atoms in total. The van der Waals surface area contributed by atoms with Gasteiger partial charge in [-0.3, -0.25) is 14.5 Å². The van der Waals surface area contributed by atoms with E-state index < -0.39 is 23.5 Å². The molecule has 2 aromatic heterocycles. The number of aryl methyl sites for hydroxylation is 1. The number of nitrogens with zero attached hydrogens (tertiary/aromatic N) is 2. The number of aromatic nitrogens is 1. The SMILES string of the molecule is Cc1ccc2nc(N3C(=O)C(O)=C(C(=O)c4cc5ccccc5o4)[C@H]3c3ccc(Br)cc3)sc2c1. The van der Waals surface area contributed by atoms with Gasteiger partial charge < -0.3 is 9.52 Å². The molecule has 3 heterocycles. The fourth-order valence-electron chi connectivity index (χ4n) is 4.34. The van der Waals surface area contributed by atoms with Crippen LogP contribution in [0.5, 0.6) is 0 Å². The van der Waals surface area contributed by atoms with Crippen molar-refractivity contribution >= 4 is 65.3 Å². The molecule has 1 atom stereocenters. The van der Waals surface area contributed by atoms with Gasteiger partial charge in [0.05, 0.1) is 21.8 Å². The van der Waals surface area contributed by atoms with Crippen molar-refractivity contribution in [2.24, 2.45) is 0 Å². The van der Waals surface area contributed by atoms with E-state index in [1.165, 1.54) is 16.2 Å². The number of para-hydroxylation sites is 1. The van der Waals surface area contributed by atoms with E-state index in [-0.39, 0.29) is 11.3 Å². The maximum absolute atomic E-state index is 13.7. The van der Waals surface area contributed by atoms with Gasteiger partial charge in [0, 0.05) is 9.86 Å². The fourth-order valence-corrected chi connectivity index (χ4v) is 5.70. The van der Waals surface area contributed by atoms with E-state index in [0.29, 0.717) is 16.3 Å². The molecule has 0 bridgehead atoms. The lowest BCUT2D eigenvalue weighted by Crippen LogP contribution is -2.30. The number of Topliss-reactive ketones (excluding diaryl/α,β-unsaturated/α-hetero) is 1. The molecule has 6 rings (SSSR count). The number of carbonyl (C=O) groups is 2. The Bertz CT molecular complexity index is 1650. The van der Waals surface area contributed by atoms with Crippen LogP contribution in [0.2, 0.25) is 0 Å². The Morgan fingerprint density at radius 3 is 2.63 bits per heavy atom. The van der Waals surface area contributed by atoms with Gasteiger partial charge in [-0.1, -0.05) is 63.7 Å². The molecule has 0 spiro atoms. The monoisotopic (exact) mass is 544 g/mol. The molecule has 1 aliphatic rings. The molecule has 0 radical (unpaired) electrons. The van der Waals surface area contributed by atoms with Gasteiger partial charge in [0.15, 0.2) is 16.7 Å². The summed E-state index contributed by atoms with van der Waals surface area (Å²) in [4.78, 5) is 33.2. The molecule has 5 aromatic rings. The van der Waals surface area contributed by atoms with E-state index in [4.69, 9.17) is 4.42 Å². The van der Waals surface area contributed by atoms with Gasteiger partial charge in [-0.2, -0.15) is 0 Å². The lowest BCUT2D eigenvalue weighted by Gasteiger charge is -2.24. The molecule has 0 unspecified atom stereocenters. The van der Waals surface area contributed by atoms with Crippen molar-refractivity contribution in [2.75, 3.05) is 4.90 Å². The summed E-state index contributed by atoms with van der Waals surface area (Å²) >= 11 is 4.78. The molecule has 0 aliphatic carbocycles. The minimum atomic E-state index is -0.863. The number of hydrogen-bond acceptors (Lipinski definition) is 6. The number of halogens is 1. The summed E-state index contributed by atoms with van der Waals surface area (Å²) in [5.74, 6) is -1.75. The van der Waals surface area contributed by atoms with Crippen molar-refractivity contribution < 1.29 is 19.1 Å². The summed E-state index contributed by atoms with van der Waals surface area (Å²) in [6.45, 7) is 1.99. The normalized spacial score (nSPS) is 16.1. The molecular weight excluding hydrogens is 528 g/mol. The third-order valence-corrected chi connectivity index (χ3v) is 7.57. The zero-order valence-corrected chi connectivity index (χ0v) is 20.8. The maximum Gasteiger partial charge on any atom is 0.296 e. The van der Waals surface area contributed by atoms with Crippen LogP contribution in [0.3, 0.4) is 0 Å². The highest BCUT2D eigenvalue weighted by Gasteiger charge is 2.46. The number of benzene rings is 3. The number of aliphatic hydroxyl groups is 1. The van der Waals surface area contributed by atoms with Crippen molar-refractivity contribution in [2.45, 2.75) is 13.0 Å². The first-order valence-electron chi connectivity index (χ1n) is 10.8. The van der Waals surface area contributed by atoms with Crippen LogP contribution in [0, 0.1) is 6.92 Å². The first kappa shape index (κ1) is 21.8. The molecule has 35 heavy (non-hydrogen) atoms. The van der Waals surface area contributed by atoms with Crippen molar-refractivity contribution in [3.63, 3.8) is 0 Å². The molecular formula is C27H17BrN2O4S. The van der Waals surface area contributed by atoms with E-state index in [0.717, 1.165) is 25.6 Å². The van der Waals surface area contributed by atoms with Gasteiger partial charge in [0.25, 0.3) is 5.91 Å². The Morgan fingerprint density at radius 2 is 1.86 bits per heavy atom. The zero-order chi connectivity index (χ0) is 24.3. The number of ketones is 1. The summed E-state index contributed by atoms with van der Waals surface area (Å²) in [6.07, 6.45) is 0. The van der Waals surface area contributed by atoms with Gasteiger partial charge in [0.2, 0.25) is 5.78 Å². The second kappa shape index (κ2) is 8.18. The van der Waals surface area contributed by atoms with Crippen molar-refractivity contribution in [1.82, 2.24) is 4.98 Å². The van der Waals surface area contributed by atoms with E-state index in [2.05, 4.69) is 20.9 Å². The highest BCUT2D eigenvalue weighted by molar-refractivity contribution is 9.10. The van der Waals surface area contributed by atoms with Gasteiger partial charge in [-0.05, 0) is 54.4 Å². The average Bonchev–Trinajstić information content (AvgIpc) is 3.53. The Morgan fingerprint density at radius 1 is 1.09 bits per heavy atom. The number of fused-ring (bicyclic) bond motifs is 2. The quantitative estimate of drug-likeness (QED) is 0.249. The molecule has 1 aliphatic heterocycles. The summed E-state index contributed by atoms with van der Waals surface area (Å²) in [7, 11) is 0. The largest absolute Gasteiger partial charge is 0.503 e. The van der Waals surface area contributed by atoms with Crippen LogP contribution >= 0.6 is 27.3 Å². The standard InChI is InChI=1S/C27H17BrN2O4S/c1-14-6-11-18-21(12-14)35-27(29-18)30-23(15-7-9-17(28)10-8-15)22(25(32)26(30)33)24(31)20-13-16-4-2-3-5-19(16)34-20/h2-13,23,32H,1H3/t23-/m1/s1. The first-order valence-corrected chi connectivity index (χ1v) is 12.4. The minimum absolute atomic E-state index is 0.0354. The van der Waals surface area contributed by atoms with Crippen LogP contribution in [0.25, 0.3) is 21.2 Å². The highest BCUT2D eigenvalue weighted by atomic mass is 79.9. The maximum atomic E-state index is 13.7. The fraction of sp³-hybridized carbons (Fsp3) is 0.0741. The van der Waals surface area contributed by atoms with Crippen LogP contribution < -0.4 is 4.90 Å². The zero-order valence-electron chi connectivity index (χ0n) is 18.4. The van der Waals surface area contributed by atoms with Gasteiger partial charge >= 0.3 is 0 Å². The highest BCUT2D eigenvalue weighted by Crippen LogP contribution is 2.44. The Hall–Kier alpha value is -3.75. The number of amides is 1. The summed E-state index contributed by atoms with van der Waals surface area (Å²) in [5, 5.41) is 12.2. The van der Waals surface area contributed by atoms with Gasteiger partial charge in [-0.25, -0.2) is 4.98 Å². The molecule has 1 N–H and O–H groups in total. The van der Waals surface area contributed by atoms with E-state index in [9.17, 15) is 14.7 Å². The van der Waals surface area contributed by atoms with E-state index in [1.54, 1.807) is 12.1 Å². The first-order chi connectivity index (χ1) is 16.9.